The molecule has 2 aromatic rings. The van der Waals surface area contributed by atoms with Crippen molar-refractivity contribution in [2.75, 3.05) is 0 Å². The summed E-state index contributed by atoms with van der Waals surface area (Å²) in [6, 6.07) is 21.0. The molecule has 2 rings (SSSR count). The van der Waals surface area contributed by atoms with Gasteiger partial charge in [-0.2, -0.15) is 0 Å². The molecule has 126 valence electrons. The first-order chi connectivity index (χ1) is 11.7. The molecule has 0 amide bonds. The van der Waals surface area contributed by atoms with E-state index in [0.29, 0.717) is 5.92 Å². The van der Waals surface area contributed by atoms with Gasteiger partial charge in [0.2, 0.25) is 0 Å². The molecule has 0 aromatic heterocycles. The molecule has 0 nitrogen and oxygen atoms in total. The summed E-state index contributed by atoms with van der Waals surface area (Å²) < 4.78 is 2.32. The highest BCUT2D eigenvalue weighted by Gasteiger charge is 2.07. The van der Waals surface area contributed by atoms with Gasteiger partial charge in [-0.25, -0.2) is 0 Å². The third-order valence-electron chi connectivity index (χ3n) is 3.96. The van der Waals surface area contributed by atoms with Gasteiger partial charge in [-0.1, -0.05) is 131 Å². The topological polar surface area (TPSA) is 0 Å². The number of hydrogen-bond donors (Lipinski definition) is 0. The van der Waals surface area contributed by atoms with Crippen molar-refractivity contribution in [2.45, 2.75) is 32.6 Å². The van der Waals surface area contributed by atoms with Gasteiger partial charge >= 0.3 is 0 Å². The lowest BCUT2D eigenvalue weighted by Gasteiger charge is -2.11. The zero-order chi connectivity index (χ0) is 17.2. The van der Waals surface area contributed by atoms with Gasteiger partial charge in [-0.05, 0) is 23.5 Å². The number of rotatable bonds is 8. The number of hydrogen-bond acceptors (Lipinski definition) is 0. The maximum absolute atomic E-state index is 3.76. The zero-order valence-electron chi connectivity index (χ0n) is 14.1. The molecule has 0 fully saturated rings. The molecule has 0 aliphatic carbocycles. The molecule has 0 aliphatic rings. The van der Waals surface area contributed by atoms with E-state index < -0.39 is 0 Å². The fraction of sp³-hybridized carbons (Fsp3) is 0.273. The number of allylic oxidation sites excluding steroid dienone is 2. The van der Waals surface area contributed by atoms with Gasteiger partial charge in [0.05, 0.1) is 0 Å². The van der Waals surface area contributed by atoms with Gasteiger partial charge < -0.3 is 0 Å². The van der Waals surface area contributed by atoms with Crippen molar-refractivity contribution in [1.29, 1.82) is 0 Å². The highest BCUT2D eigenvalue weighted by Crippen LogP contribution is 2.29. The first kappa shape index (κ1) is 19.2. The summed E-state index contributed by atoms with van der Waals surface area (Å²) >= 11 is 7.52. The van der Waals surface area contributed by atoms with Crippen LogP contribution in [0.5, 0.6) is 0 Å². The van der Waals surface area contributed by atoms with E-state index in [1.165, 1.54) is 30.4 Å². The van der Waals surface area contributed by atoms with E-state index >= 15 is 0 Å². The van der Waals surface area contributed by atoms with Crippen molar-refractivity contribution >= 4 is 40.8 Å². The number of unbranched alkanes of at least 4 members (excludes halogenated alkanes) is 2. The second kappa shape index (κ2) is 10.7. The van der Waals surface area contributed by atoms with Gasteiger partial charge in [0.15, 0.2) is 0 Å². The maximum atomic E-state index is 3.76. The van der Waals surface area contributed by atoms with Crippen LogP contribution in [0.15, 0.2) is 72.8 Å². The first-order valence-electron chi connectivity index (χ1n) is 8.56. The molecule has 0 N–H and O–H groups in total. The average molecular weight is 448 g/mol. The molecule has 1 unspecified atom stereocenters. The summed E-state index contributed by atoms with van der Waals surface area (Å²) in [5, 5.41) is 0. The molecular formula is C22H24Br2. The monoisotopic (exact) mass is 446 g/mol. The molecule has 0 heterocycles. The van der Waals surface area contributed by atoms with Gasteiger partial charge in [0.25, 0.3) is 0 Å². The number of halogens is 2. The summed E-state index contributed by atoms with van der Waals surface area (Å²) in [4.78, 5) is 0. The van der Waals surface area contributed by atoms with Crippen LogP contribution in [-0.2, 0) is 0 Å². The van der Waals surface area contributed by atoms with Crippen molar-refractivity contribution in [3.8, 4) is 0 Å². The van der Waals surface area contributed by atoms with Crippen LogP contribution in [0.3, 0.4) is 0 Å². The summed E-state index contributed by atoms with van der Waals surface area (Å²) in [5.74, 6) is 0.403. The van der Waals surface area contributed by atoms with Crippen LogP contribution < -0.4 is 0 Å². The third kappa shape index (κ3) is 6.41. The Morgan fingerprint density at radius 2 is 1.25 bits per heavy atom. The van der Waals surface area contributed by atoms with Gasteiger partial charge in [-0.3, -0.25) is 0 Å². The Morgan fingerprint density at radius 1 is 0.792 bits per heavy atom. The lowest BCUT2D eigenvalue weighted by atomic mass is 9.98. The largest absolute Gasteiger partial charge is 0.0654 e. The van der Waals surface area contributed by atoms with Crippen molar-refractivity contribution in [3.63, 3.8) is 0 Å². The van der Waals surface area contributed by atoms with Gasteiger partial charge in [-0.15, -0.1) is 0 Å². The molecule has 0 saturated carbocycles. The second-order valence-electron chi connectivity index (χ2n) is 5.92. The Labute approximate surface area is 162 Å². The summed E-state index contributed by atoms with van der Waals surface area (Å²) in [6.07, 6.45) is 9.60. The van der Waals surface area contributed by atoms with Crippen LogP contribution in [0, 0.1) is 5.92 Å². The smallest absolute Gasteiger partial charge is 0.0213 e. The van der Waals surface area contributed by atoms with E-state index in [0.717, 1.165) is 15.4 Å². The standard InChI is InChI=1S/C22H24Br2/c1-2-3-6-11-18(16-21(23)19-12-7-4-8-13-19)17-22(24)20-14-9-5-10-15-20/h4-5,7-10,12-18H,2-3,6,11H2,1H3/b21-16-,22-17+. The molecule has 0 saturated heterocycles. The Kier molecular flexibility index (Phi) is 8.55. The zero-order valence-corrected chi connectivity index (χ0v) is 17.3. The highest BCUT2D eigenvalue weighted by molar-refractivity contribution is 9.15. The molecular weight excluding hydrogens is 424 g/mol. The molecule has 0 spiro atoms. The number of benzene rings is 2. The fourth-order valence-corrected chi connectivity index (χ4v) is 3.82. The van der Waals surface area contributed by atoms with Crippen molar-refractivity contribution in [1.82, 2.24) is 0 Å². The van der Waals surface area contributed by atoms with Crippen LogP contribution in [0.2, 0.25) is 0 Å². The average Bonchev–Trinajstić information content (AvgIpc) is 2.63. The van der Waals surface area contributed by atoms with Crippen LogP contribution in [-0.4, -0.2) is 0 Å². The van der Waals surface area contributed by atoms with E-state index in [1.807, 2.05) is 0 Å². The normalized spacial score (nSPS) is 13.8. The SMILES string of the molecule is CCCCCC(/C=C(\Br)c1ccccc1)/C=C(/Br)c1ccccc1. The summed E-state index contributed by atoms with van der Waals surface area (Å²) in [7, 11) is 0. The van der Waals surface area contributed by atoms with Crippen LogP contribution >= 0.6 is 31.9 Å². The molecule has 0 bridgehead atoms. The van der Waals surface area contributed by atoms with E-state index in [4.69, 9.17) is 0 Å². The molecule has 0 aliphatic heterocycles. The Bertz CT molecular complexity index is 601. The Morgan fingerprint density at radius 3 is 1.67 bits per heavy atom. The van der Waals surface area contributed by atoms with Crippen molar-refractivity contribution in [2.24, 2.45) is 5.92 Å². The Balaban J connectivity index is 2.21. The first-order valence-corrected chi connectivity index (χ1v) is 10.1. The predicted octanol–water partition coefficient (Wildman–Crippen LogP) is 8.05. The molecule has 2 heteroatoms. The van der Waals surface area contributed by atoms with Crippen LogP contribution in [0.4, 0.5) is 0 Å². The van der Waals surface area contributed by atoms with E-state index in [2.05, 4.69) is 112 Å². The van der Waals surface area contributed by atoms with Gasteiger partial charge in [0, 0.05) is 8.96 Å². The third-order valence-corrected chi connectivity index (χ3v) is 5.41. The molecule has 1 atom stereocenters. The minimum atomic E-state index is 0.403. The van der Waals surface area contributed by atoms with Gasteiger partial charge in [0.1, 0.15) is 0 Å². The second-order valence-corrected chi connectivity index (χ2v) is 7.63. The summed E-state index contributed by atoms with van der Waals surface area (Å²) in [6.45, 7) is 2.25. The van der Waals surface area contributed by atoms with Crippen molar-refractivity contribution in [3.05, 3.63) is 83.9 Å². The quantitative estimate of drug-likeness (QED) is 0.359. The van der Waals surface area contributed by atoms with E-state index in [1.54, 1.807) is 0 Å². The van der Waals surface area contributed by atoms with E-state index in [9.17, 15) is 0 Å². The lowest BCUT2D eigenvalue weighted by Crippen LogP contribution is -1.95. The van der Waals surface area contributed by atoms with Crippen molar-refractivity contribution < 1.29 is 0 Å². The predicted molar refractivity (Wildman–Crippen MR) is 114 cm³/mol. The highest BCUT2D eigenvalue weighted by atomic mass is 79.9. The maximum Gasteiger partial charge on any atom is 0.0213 e. The van der Waals surface area contributed by atoms with E-state index in [-0.39, 0.29) is 0 Å². The molecule has 24 heavy (non-hydrogen) atoms. The van der Waals surface area contributed by atoms with Crippen LogP contribution in [0.1, 0.15) is 43.7 Å². The fourth-order valence-electron chi connectivity index (χ4n) is 2.61. The minimum absolute atomic E-state index is 0.403. The van der Waals surface area contributed by atoms with Crippen LogP contribution in [0.25, 0.3) is 8.96 Å². The lowest BCUT2D eigenvalue weighted by molar-refractivity contribution is 0.613. The Hall–Kier alpha value is -1.12. The minimum Gasteiger partial charge on any atom is -0.0654 e. The molecule has 2 aromatic carbocycles. The molecule has 0 radical (unpaired) electrons. The summed E-state index contributed by atoms with van der Waals surface area (Å²) in [5.41, 5.74) is 2.45.